The SMILES string of the molecule is COc1cccc([C@H]2SC(=S)N(Cc3ccccc3)C3=CCCC[C@@H]32)c1. The predicted octanol–water partition coefficient (Wildman–Crippen LogP) is 5.95. The van der Waals surface area contributed by atoms with E-state index in [4.69, 9.17) is 17.0 Å². The van der Waals surface area contributed by atoms with Gasteiger partial charge in [0.2, 0.25) is 0 Å². The van der Waals surface area contributed by atoms with Gasteiger partial charge in [0.15, 0.2) is 0 Å². The minimum absolute atomic E-state index is 0.371. The number of nitrogens with zero attached hydrogens (tertiary/aromatic N) is 1. The van der Waals surface area contributed by atoms with Crippen molar-refractivity contribution in [3.05, 3.63) is 77.5 Å². The van der Waals surface area contributed by atoms with Gasteiger partial charge >= 0.3 is 0 Å². The van der Waals surface area contributed by atoms with E-state index in [9.17, 15) is 0 Å². The summed E-state index contributed by atoms with van der Waals surface area (Å²) in [7, 11) is 1.73. The van der Waals surface area contributed by atoms with E-state index in [1.165, 1.54) is 29.7 Å². The zero-order valence-corrected chi connectivity index (χ0v) is 16.6. The van der Waals surface area contributed by atoms with Crippen LogP contribution in [0, 0.1) is 5.92 Å². The Labute approximate surface area is 165 Å². The lowest BCUT2D eigenvalue weighted by Crippen LogP contribution is -2.38. The highest BCUT2D eigenvalue weighted by atomic mass is 32.2. The molecule has 2 atom stereocenters. The topological polar surface area (TPSA) is 12.5 Å². The first-order valence-corrected chi connectivity index (χ1v) is 10.4. The van der Waals surface area contributed by atoms with Crippen LogP contribution in [0.4, 0.5) is 0 Å². The number of benzene rings is 2. The van der Waals surface area contributed by atoms with Crippen molar-refractivity contribution in [3.63, 3.8) is 0 Å². The minimum Gasteiger partial charge on any atom is -0.497 e. The summed E-state index contributed by atoms with van der Waals surface area (Å²) >= 11 is 7.68. The first-order chi connectivity index (χ1) is 12.8. The van der Waals surface area contributed by atoms with E-state index in [-0.39, 0.29) is 0 Å². The van der Waals surface area contributed by atoms with Crippen molar-refractivity contribution < 1.29 is 4.74 Å². The zero-order chi connectivity index (χ0) is 17.9. The monoisotopic (exact) mass is 381 g/mol. The van der Waals surface area contributed by atoms with Gasteiger partial charge in [0, 0.05) is 23.4 Å². The maximum atomic E-state index is 5.85. The molecular formula is C22H23NOS2. The highest BCUT2D eigenvalue weighted by Crippen LogP contribution is 2.51. The van der Waals surface area contributed by atoms with Crippen LogP contribution in [0.3, 0.4) is 0 Å². The molecular weight excluding hydrogens is 358 g/mol. The first kappa shape index (κ1) is 17.6. The van der Waals surface area contributed by atoms with Crippen LogP contribution in [-0.2, 0) is 6.54 Å². The molecule has 1 saturated heterocycles. The van der Waals surface area contributed by atoms with Gasteiger partial charge in [-0.25, -0.2) is 0 Å². The number of methoxy groups -OCH3 is 1. The van der Waals surface area contributed by atoms with Crippen molar-refractivity contribution >= 4 is 28.3 Å². The van der Waals surface area contributed by atoms with Gasteiger partial charge in [-0.15, -0.1) is 0 Å². The molecule has 4 rings (SSSR count). The average Bonchev–Trinajstić information content (AvgIpc) is 2.70. The van der Waals surface area contributed by atoms with Crippen molar-refractivity contribution in [3.8, 4) is 5.75 Å². The number of hydrogen-bond donors (Lipinski definition) is 0. The Kier molecular flexibility index (Phi) is 5.32. The number of fused-ring (bicyclic) bond motifs is 1. The molecule has 0 amide bonds. The summed E-state index contributed by atoms with van der Waals surface area (Å²) in [5.41, 5.74) is 4.03. The van der Waals surface area contributed by atoms with Crippen molar-refractivity contribution in [2.45, 2.75) is 31.1 Å². The molecule has 1 aliphatic carbocycles. The fourth-order valence-electron chi connectivity index (χ4n) is 3.90. The first-order valence-electron chi connectivity index (χ1n) is 9.12. The van der Waals surface area contributed by atoms with E-state index in [1.54, 1.807) is 7.11 Å². The molecule has 0 N–H and O–H groups in total. The van der Waals surface area contributed by atoms with Gasteiger partial charge in [0.1, 0.15) is 10.1 Å². The number of allylic oxidation sites excluding steroid dienone is 2. The summed E-state index contributed by atoms with van der Waals surface area (Å²) < 4.78 is 6.42. The third kappa shape index (κ3) is 3.53. The molecule has 0 radical (unpaired) electrons. The maximum absolute atomic E-state index is 5.85. The Balaban J connectivity index is 1.65. The van der Waals surface area contributed by atoms with Crippen LogP contribution in [0.15, 0.2) is 66.4 Å². The van der Waals surface area contributed by atoms with E-state index < -0.39 is 0 Å². The number of rotatable bonds is 4. The number of ether oxygens (including phenoxy) is 1. The molecule has 0 spiro atoms. The highest BCUT2D eigenvalue weighted by Gasteiger charge is 2.38. The molecule has 0 unspecified atom stereocenters. The van der Waals surface area contributed by atoms with Gasteiger partial charge in [0.05, 0.1) is 7.11 Å². The molecule has 0 saturated carbocycles. The standard InChI is InChI=1S/C22H23NOS2/c1-24-18-11-7-10-17(14-18)21-19-12-5-6-13-20(19)23(22(25)26-21)15-16-8-3-2-4-9-16/h2-4,7-11,13-14,19,21H,5-6,12,15H2,1H3/t19-,21+/m0/s1. The summed E-state index contributed by atoms with van der Waals surface area (Å²) in [6, 6.07) is 19.1. The smallest absolute Gasteiger partial charge is 0.141 e. The highest BCUT2D eigenvalue weighted by molar-refractivity contribution is 8.23. The van der Waals surface area contributed by atoms with E-state index in [0.717, 1.165) is 23.0 Å². The van der Waals surface area contributed by atoms with Crippen LogP contribution in [-0.4, -0.2) is 16.3 Å². The van der Waals surface area contributed by atoms with Gasteiger partial charge in [0.25, 0.3) is 0 Å². The largest absolute Gasteiger partial charge is 0.497 e. The fraction of sp³-hybridized carbons (Fsp3) is 0.318. The van der Waals surface area contributed by atoms with E-state index in [1.807, 2.05) is 17.8 Å². The molecule has 1 heterocycles. The third-order valence-corrected chi connectivity index (χ3v) is 6.97. The normalized spacial score (nSPS) is 22.6. The Morgan fingerprint density at radius 2 is 2.00 bits per heavy atom. The van der Waals surface area contributed by atoms with Crippen LogP contribution < -0.4 is 4.74 Å². The molecule has 1 aliphatic heterocycles. The van der Waals surface area contributed by atoms with Crippen molar-refractivity contribution in [1.82, 2.24) is 4.90 Å². The van der Waals surface area contributed by atoms with Crippen molar-refractivity contribution in [2.75, 3.05) is 7.11 Å². The molecule has 0 aromatic heterocycles. The lowest BCUT2D eigenvalue weighted by molar-refractivity contribution is 0.370. The molecule has 0 bridgehead atoms. The van der Waals surface area contributed by atoms with Gasteiger partial charge in [-0.3, -0.25) is 0 Å². The lowest BCUT2D eigenvalue weighted by Gasteiger charge is -2.44. The molecule has 2 aliphatic rings. The maximum Gasteiger partial charge on any atom is 0.141 e. The Morgan fingerprint density at radius 1 is 1.15 bits per heavy atom. The Morgan fingerprint density at radius 3 is 2.81 bits per heavy atom. The number of thiocarbonyl (C=S) groups is 1. The third-order valence-electron chi connectivity index (χ3n) is 5.18. The van der Waals surface area contributed by atoms with Gasteiger partial charge in [-0.2, -0.15) is 0 Å². The summed E-state index contributed by atoms with van der Waals surface area (Å²) in [6.07, 6.45) is 6.03. The Bertz CT molecular complexity index is 818. The summed E-state index contributed by atoms with van der Waals surface area (Å²) in [6.45, 7) is 0.861. The second kappa shape index (κ2) is 7.85. The molecule has 2 aromatic rings. The van der Waals surface area contributed by atoms with E-state index >= 15 is 0 Å². The fourth-order valence-corrected chi connectivity index (χ4v) is 5.62. The van der Waals surface area contributed by atoms with Crippen LogP contribution in [0.25, 0.3) is 0 Å². The van der Waals surface area contributed by atoms with Gasteiger partial charge in [-0.1, -0.05) is 72.5 Å². The summed E-state index contributed by atoms with van der Waals surface area (Å²) in [5.74, 6) is 1.43. The van der Waals surface area contributed by atoms with Gasteiger partial charge < -0.3 is 9.64 Å². The minimum atomic E-state index is 0.371. The van der Waals surface area contributed by atoms with Crippen molar-refractivity contribution in [2.24, 2.45) is 5.92 Å². The van der Waals surface area contributed by atoms with Gasteiger partial charge in [-0.05, 0) is 42.5 Å². The second-order valence-electron chi connectivity index (χ2n) is 6.82. The van der Waals surface area contributed by atoms with E-state index in [0.29, 0.717) is 11.2 Å². The molecule has 4 heteroatoms. The zero-order valence-electron chi connectivity index (χ0n) is 14.9. The molecule has 2 aromatic carbocycles. The molecule has 134 valence electrons. The predicted molar refractivity (Wildman–Crippen MR) is 113 cm³/mol. The van der Waals surface area contributed by atoms with Crippen molar-refractivity contribution in [1.29, 1.82) is 0 Å². The molecule has 2 nitrogen and oxygen atoms in total. The summed E-state index contributed by atoms with van der Waals surface area (Å²) in [4.78, 5) is 2.36. The van der Waals surface area contributed by atoms with Crippen LogP contribution in [0.2, 0.25) is 0 Å². The average molecular weight is 382 g/mol. The van der Waals surface area contributed by atoms with E-state index in [2.05, 4.69) is 59.5 Å². The Hall–Kier alpha value is -1.78. The number of thioether (sulfide) groups is 1. The summed E-state index contributed by atoms with van der Waals surface area (Å²) in [5, 5.41) is 0.371. The second-order valence-corrected chi connectivity index (χ2v) is 8.59. The molecule has 26 heavy (non-hydrogen) atoms. The van der Waals surface area contributed by atoms with Crippen LogP contribution >= 0.6 is 24.0 Å². The lowest BCUT2D eigenvalue weighted by atomic mass is 9.85. The van der Waals surface area contributed by atoms with Crippen LogP contribution in [0.1, 0.15) is 35.6 Å². The number of hydrogen-bond acceptors (Lipinski definition) is 3. The van der Waals surface area contributed by atoms with Crippen LogP contribution in [0.5, 0.6) is 5.75 Å². The quantitative estimate of drug-likeness (QED) is 0.606. The molecule has 1 fully saturated rings.